The van der Waals surface area contributed by atoms with E-state index in [1.165, 1.54) is 0 Å². The Labute approximate surface area is 164 Å². The van der Waals surface area contributed by atoms with Gasteiger partial charge in [0, 0.05) is 0 Å². The van der Waals surface area contributed by atoms with E-state index in [0.29, 0.717) is 10.4 Å². The van der Waals surface area contributed by atoms with Crippen LogP contribution in [-0.2, 0) is 14.3 Å². The lowest BCUT2D eigenvalue weighted by molar-refractivity contribution is -0.129. The average molecular weight is 415 g/mol. The summed E-state index contributed by atoms with van der Waals surface area (Å²) in [6.07, 6.45) is -1.35. The summed E-state index contributed by atoms with van der Waals surface area (Å²) in [4.78, 5) is 40.3. The van der Waals surface area contributed by atoms with Crippen molar-refractivity contribution in [2.75, 3.05) is 11.9 Å². The van der Waals surface area contributed by atoms with Gasteiger partial charge in [0.25, 0.3) is 0 Å². The summed E-state index contributed by atoms with van der Waals surface area (Å²) >= 11 is 2.01. The third-order valence-electron chi connectivity index (χ3n) is 3.22. The van der Waals surface area contributed by atoms with Crippen LogP contribution in [-0.4, -0.2) is 40.4 Å². The first-order valence-corrected chi connectivity index (χ1v) is 9.70. The molecule has 1 aromatic rings. The molecule has 1 amide bonds. The van der Waals surface area contributed by atoms with Gasteiger partial charge in [-0.1, -0.05) is 0 Å². The number of esters is 1. The molecule has 9 nitrogen and oxygen atoms in total. The number of nitrogens with one attached hydrogen (secondary N) is 2. The van der Waals surface area contributed by atoms with Crippen LogP contribution in [0, 0.1) is 6.92 Å². The van der Waals surface area contributed by atoms with Gasteiger partial charge in [-0.05, 0) is 52.1 Å². The first-order chi connectivity index (χ1) is 12.5. The standard InChI is InChI=1S/C16H21N3O6S2/c1-6-24-14(22)8-7(2)9(10-17-12(13(20)21)27-19-10)26-11(8)18-15(23)25-16(3,4)5/h10,19H,6H2,1-5H3,(H,18,23)(H,20,21). The van der Waals surface area contributed by atoms with Gasteiger partial charge in [-0.25, -0.2) is 24.1 Å². The van der Waals surface area contributed by atoms with Crippen molar-refractivity contribution in [3.8, 4) is 0 Å². The third kappa shape index (κ3) is 5.21. The number of hydrogen-bond donors (Lipinski definition) is 3. The number of amides is 1. The summed E-state index contributed by atoms with van der Waals surface area (Å²) in [6.45, 7) is 8.73. The van der Waals surface area contributed by atoms with E-state index < -0.39 is 29.8 Å². The summed E-state index contributed by atoms with van der Waals surface area (Å²) in [7, 11) is 0. The fraction of sp³-hybridized carbons (Fsp3) is 0.500. The van der Waals surface area contributed by atoms with Crippen LogP contribution in [0.3, 0.4) is 0 Å². The molecule has 2 rings (SSSR count). The van der Waals surface area contributed by atoms with Crippen molar-refractivity contribution in [1.82, 2.24) is 4.72 Å². The molecule has 0 bridgehead atoms. The third-order valence-corrected chi connectivity index (χ3v) is 5.30. The highest BCUT2D eigenvalue weighted by Gasteiger charge is 2.31. The summed E-state index contributed by atoms with van der Waals surface area (Å²) in [5.74, 6) is -1.72. The van der Waals surface area contributed by atoms with E-state index in [1.54, 1.807) is 34.6 Å². The van der Waals surface area contributed by atoms with E-state index >= 15 is 0 Å². The number of aliphatic imine (C=N–C) groups is 1. The molecule has 2 heterocycles. The van der Waals surface area contributed by atoms with Crippen molar-refractivity contribution in [3.05, 3.63) is 16.0 Å². The van der Waals surface area contributed by atoms with E-state index in [1.807, 2.05) is 0 Å². The molecule has 148 valence electrons. The van der Waals surface area contributed by atoms with Crippen molar-refractivity contribution in [2.24, 2.45) is 4.99 Å². The molecule has 0 radical (unpaired) electrons. The van der Waals surface area contributed by atoms with Crippen molar-refractivity contribution in [3.63, 3.8) is 0 Å². The van der Waals surface area contributed by atoms with E-state index in [4.69, 9.17) is 14.6 Å². The number of anilines is 1. The number of carboxylic acids is 1. The Kier molecular flexibility index (Phi) is 6.50. The topological polar surface area (TPSA) is 126 Å². The van der Waals surface area contributed by atoms with Crippen molar-refractivity contribution >= 4 is 51.4 Å². The second-order valence-electron chi connectivity index (χ2n) is 6.50. The minimum atomic E-state index is -1.14. The van der Waals surface area contributed by atoms with Crippen LogP contribution in [0.2, 0.25) is 0 Å². The molecule has 0 fully saturated rings. The molecule has 0 spiro atoms. The van der Waals surface area contributed by atoms with Crippen molar-refractivity contribution < 1.29 is 29.0 Å². The second kappa shape index (κ2) is 8.28. The Bertz CT molecular complexity index is 797. The van der Waals surface area contributed by atoms with E-state index in [2.05, 4.69) is 15.0 Å². The minimum absolute atomic E-state index is 0.0767. The number of carbonyl (C=O) groups excluding carboxylic acids is 2. The van der Waals surface area contributed by atoms with Gasteiger partial charge in [0.05, 0.1) is 17.0 Å². The maximum atomic E-state index is 12.4. The average Bonchev–Trinajstić information content (AvgIpc) is 3.10. The smallest absolute Gasteiger partial charge is 0.412 e. The zero-order valence-corrected chi connectivity index (χ0v) is 17.2. The number of aliphatic carboxylic acids is 1. The molecule has 1 aliphatic rings. The summed E-state index contributed by atoms with van der Waals surface area (Å²) in [5, 5.41) is 11.8. The lowest BCUT2D eigenvalue weighted by Gasteiger charge is -2.19. The molecule has 1 atom stereocenters. The molecular formula is C16H21N3O6S2. The zero-order chi connectivity index (χ0) is 20.4. The normalized spacial score (nSPS) is 16.6. The molecule has 27 heavy (non-hydrogen) atoms. The molecular weight excluding hydrogens is 394 g/mol. The number of thiophene rings is 1. The van der Waals surface area contributed by atoms with Crippen LogP contribution in [0.15, 0.2) is 4.99 Å². The molecule has 1 aliphatic heterocycles. The van der Waals surface area contributed by atoms with Crippen LogP contribution >= 0.6 is 23.3 Å². The molecule has 0 aromatic carbocycles. The van der Waals surface area contributed by atoms with Crippen molar-refractivity contribution in [1.29, 1.82) is 0 Å². The quantitative estimate of drug-likeness (QED) is 0.494. The Hall–Kier alpha value is -2.11. The Morgan fingerprint density at radius 2 is 2.00 bits per heavy atom. The molecule has 0 saturated heterocycles. The van der Waals surface area contributed by atoms with Gasteiger partial charge in [-0.2, -0.15) is 0 Å². The van der Waals surface area contributed by atoms with Gasteiger partial charge in [0.1, 0.15) is 16.8 Å². The maximum absolute atomic E-state index is 12.4. The fourth-order valence-corrected chi connectivity index (χ4v) is 4.10. The Balaban J connectivity index is 2.39. The number of carboxylic acid groups (broad SMARTS) is 1. The molecule has 1 unspecified atom stereocenters. The highest BCUT2D eigenvalue weighted by molar-refractivity contribution is 8.14. The van der Waals surface area contributed by atoms with Crippen LogP contribution in [0.5, 0.6) is 0 Å². The number of nitrogens with zero attached hydrogens (tertiary/aromatic N) is 1. The van der Waals surface area contributed by atoms with E-state index in [9.17, 15) is 14.4 Å². The van der Waals surface area contributed by atoms with Gasteiger partial charge >= 0.3 is 18.0 Å². The van der Waals surface area contributed by atoms with E-state index in [-0.39, 0.29) is 22.2 Å². The number of carbonyl (C=O) groups is 3. The van der Waals surface area contributed by atoms with E-state index in [0.717, 1.165) is 23.3 Å². The number of hydrogen-bond acceptors (Lipinski definition) is 9. The van der Waals surface area contributed by atoms with Crippen molar-refractivity contribution in [2.45, 2.75) is 46.4 Å². The minimum Gasteiger partial charge on any atom is -0.476 e. The maximum Gasteiger partial charge on any atom is 0.412 e. The van der Waals surface area contributed by atoms with Gasteiger partial charge in [0.15, 0.2) is 5.04 Å². The van der Waals surface area contributed by atoms with Gasteiger partial charge in [-0.15, -0.1) is 11.3 Å². The number of ether oxygens (including phenoxy) is 2. The zero-order valence-electron chi connectivity index (χ0n) is 15.5. The molecule has 11 heteroatoms. The lowest BCUT2D eigenvalue weighted by atomic mass is 10.1. The molecule has 1 aromatic heterocycles. The monoisotopic (exact) mass is 415 g/mol. The fourth-order valence-electron chi connectivity index (χ4n) is 2.22. The largest absolute Gasteiger partial charge is 0.476 e. The predicted molar refractivity (Wildman–Crippen MR) is 103 cm³/mol. The summed E-state index contributed by atoms with van der Waals surface area (Å²) < 4.78 is 13.2. The number of rotatable bonds is 5. The first kappa shape index (κ1) is 21.2. The highest BCUT2D eigenvalue weighted by atomic mass is 32.2. The van der Waals surface area contributed by atoms with Gasteiger partial charge in [-0.3, -0.25) is 5.32 Å². The Morgan fingerprint density at radius 3 is 2.52 bits per heavy atom. The van der Waals surface area contributed by atoms with Gasteiger partial charge < -0.3 is 14.6 Å². The highest BCUT2D eigenvalue weighted by Crippen LogP contribution is 2.40. The van der Waals surface area contributed by atoms with Crippen LogP contribution in [0.4, 0.5) is 9.80 Å². The van der Waals surface area contributed by atoms with Crippen LogP contribution in [0.1, 0.15) is 54.7 Å². The first-order valence-electron chi connectivity index (χ1n) is 8.07. The van der Waals surface area contributed by atoms with Crippen LogP contribution in [0.25, 0.3) is 0 Å². The predicted octanol–water partition coefficient (Wildman–Crippen LogP) is 3.31. The SMILES string of the molecule is CCOC(=O)c1c(NC(=O)OC(C)(C)C)sc(C2N=C(C(=O)O)SN2)c1C. The molecule has 0 aliphatic carbocycles. The van der Waals surface area contributed by atoms with Gasteiger partial charge in [0.2, 0.25) is 0 Å². The molecule has 3 N–H and O–H groups in total. The molecule has 0 saturated carbocycles. The summed E-state index contributed by atoms with van der Waals surface area (Å²) in [6, 6.07) is 0. The van der Waals surface area contributed by atoms with Crippen LogP contribution < -0.4 is 10.0 Å². The summed E-state index contributed by atoms with van der Waals surface area (Å²) in [5.41, 5.74) is 0.0552. The second-order valence-corrected chi connectivity index (χ2v) is 8.38. The Morgan fingerprint density at radius 1 is 1.33 bits per heavy atom. The lowest BCUT2D eigenvalue weighted by Crippen LogP contribution is -2.27.